The first-order valence-corrected chi connectivity index (χ1v) is 6.16. The molecule has 0 aromatic rings. The van der Waals surface area contributed by atoms with Crippen LogP contribution in [0, 0.1) is 0 Å². The van der Waals surface area contributed by atoms with Crippen molar-refractivity contribution in [2.45, 2.75) is 18.6 Å². The van der Waals surface area contributed by atoms with Gasteiger partial charge >= 0.3 is 12.0 Å². The molecule has 2 unspecified atom stereocenters. The van der Waals surface area contributed by atoms with Crippen molar-refractivity contribution >= 4 is 23.8 Å². The van der Waals surface area contributed by atoms with Crippen molar-refractivity contribution in [3.63, 3.8) is 0 Å². The summed E-state index contributed by atoms with van der Waals surface area (Å²) in [6.45, 7) is -0.0302. The lowest BCUT2D eigenvalue weighted by molar-refractivity contribution is -0.147. The minimum absolute atomic E-state index is 0.0302. The third kappa shape index (κ3) is 4.28. The summed E-state index contributed by atoms with van der Waals surface area (Å²) in [5.41, 5.74) is 0. The molecular formula is C9H16N2O4S. The predicted molar refractivity (Wildman–Crippen MR) is 60.7 cm³/mol. The van der Waals surface area contributed by atoms with Crippen LogP contribution >= 0.6 is 11.8 Å². The van der Waals surface area contributed by atoms with E-state index in [0.717, 1.165) is 17.9 Å². The average molecular weight is 248 g/mol. The highest BCUT2D eigenvalue weighted by Crippen LogP contribution is 2.16. The summed E-state index contributed by atoms with van der Waals surface area (Å²) in [4.78, 5) is 21.9. The van der Waals surface area contributed by atoms with Gasteiger partial charge in [-0.05, 0) is 12.2 Å². The number of carbonyl (C=O) groups is 2. The third-order valence-electron chi connectivity index (χ3n) is 2.27. The van der Waals surface area contributed by atoms with Gasteiger partial charge in [0.25, 0.3) is 0 Å². The van der Waals surface area contributed by atoms with E-state index in [9.17, 15) is 9.59 Å². The molecule has 1 saturated heterocycles. The highest BCUT2D eigenvalue weighted by molar-refractivity contribution is 7.99. The Hall–Kier alpha value is -0.950. The molecule has 1 fully saturated rings. The molecule has 0 radical (unpaired) electrons. The lowest BCUT2D eigenvalue weighted by Gasteiger charge is -2.14. The van der Waals surface area contributed by atoms with Crippen molar-refractivity contribution in [2.24, 2.45) is 0 Å². The third-order valence-corrected chi connectivity index (χ3v) is 3.44. The molecule has 0 spiro atoms. The van der Waals surface area contributed by atoms with Crippen molar-refractivity contribution in [1.29, 1.82) is 0 Å². The van der Waals surface area contributed by atoms with Gasteiger partial charge in [-0.1, -0.05) is 0 Å². The average Bonchev–Trinajstić information content (AvgIpc) is 2.70. The smallest absolute Gasteiger partial charge is 0.334 e. The SMILES string of the molecule is COC(CNC(=O)NC1CCSC1)C(=O)O. The monoisotopic (exact) mass is 248 g/mol. The number of thioether (sulfide) groups is 1. The molecule has 0 saturated carbocycles. The van der Waals surface area contributed by atoms with E-state index in [1.54, 1.807) is 11.8 Å². The second-order valence-corrected chi connectivity index (χ2v) is 4.63. The zero-order chi connectivity index (χ0) is 12.0. The molecule has 0 bridgehead atoms. The van der Waals surface area contributed by atoms with Gasteiger partial charge < -0.3 is 20.5 Å². The van der Waals surface area contributed by atoms with Crippen molar-refractivity contribution in [1.82, 2.24) is 10.6 Å². The maximum atomic E-state index is 11.4. The normalized spacial score (nSPS) is 21.4. The second kappa shape index (κ2) is 6.59. The summed E-state index contributed by atoms with van der Waals surface area (Å²) in [6, 6.07) is -0.147. The molecule has 0 aromatic carbocycles. The number of hydrogen-bond donors (Lipinski definition) is 3. The van der Waals surface area contributed by atoms with E-state index in [-0.39, 0.29) is 18.6 Å². The Morgan fingerprint density at radius 2 is 2.38 bits per heavy atom. The second-order valence-electron chi connectivity index (χ2n) is 3.48. The van der Waals surface area contributed by atoms with E-state index in [0.29, 0.717) is 0 Å². The number of carboxylic acid groups (broad SMARTS) is 1. The highest BCUT2D eigenvalue weighted by Gasteiger charge is 2.20. The maximum absolute atomic E-state index is 11.4. The largest absolute Gasteiger partial charge is 0.479 e. The number of rotatable bonds is 5. The van der Waals surface area contributed by atoms with Gasteiger partial charge in [-0.2, -0.15) is 11.8 Å². The molecule has 2 atom stereocenters. The molecule has 1 aliphatic heterocycles. The van der Waals surface area contributed by atoms with Gasteiger partial charge in [-0.25, -0.2) is 9.59 Å². The summed E-state index contributed by atoms with van der Waals surface area (Å²) in [5.74, 6) is 0.889. The van der Waals surface area contributed by atoms with E-state index in [4.69, 9.17) is 5.11 Å². The molecule has 2 amide bonds. The van der Waals surface area contributed by atoms with Gasteiger partial charge in [0, 0.05) is 18.9 Å². The number of urea groups is 1. The van der Waals surface area contributed by atoms with Crippen LogP contribution in [0.1, 0.15) is 6.42 Å². The highest BCUT2D eigenvalue weighted by atomic mass is 32.2. The number of ether oxygens (including phenoxy) is 1. The van der Waals surface area contributed by atoms with Gasteiger partial charge in [-0.15, -0.1) is 0 Å². The topological polar surface area (TPSA) is 87.7 Å². The zero-order valence-corrected chi connectivity index (χ0v) is 9.88. The summed E-state index contributed by atoms with van der Waals surface area (Å²) >= 11 is 1.80. The maximum Gasteiger partial charge on any atom is 0.334 e. The Balaban J connectivity index is 2.20. The molecule has 1 rings (SSSR count). The summed E-state index contributed by atoms with van der Waals surface area (Å²) in [7, 11) is 1.30. The Bertz CT molecular complexity index is 256. The number of nitrogens with one attached hydrogen (secondary N) is 2. The Morgan fingerprint density at radius 1 is 1.62 bits per heavy atom. The fourth-order valence-electron chi connectivity index (χ4n) is 1.34. The van der Waals surface area contributed by atoms with Gasteiger partial charge in [0.05, 0.1) is 6.54 Å². The Labute approximate surface area is 98.1 Å². The lowest BCUT2D eigenvalue weighted by Crippen LogP contribution is -2.46. The van der Waals surface area contributed by atoms with E-state index in [1.807, 2.05) is 0 Å². The van der Waals surface area contributed by atoms with Gasteiger partial charge in [0.1, 0.15) is 0 Å². The van der Waals surface area contributed by atoms with Crippen molar-refractivity contribution in [2.75, 3.05) is 25.2 Å². The van der Waals surface area contributed by atoms with Gasteiger partial charge in [0.15, 0.2) is 6.10 Å². The molecule has 6 nitrogen and oxygen atoms in total. The molecule has 92 valence electrons. The summed E-state index contributed by atoms with van der Waals surface area (Å²) in [6.07, 6.45) is -0.0336. The molecule has 1 heterocycles. The van der Waals surface area contributed by atoms with E-state index < -0.39 is 12.1 Å². The van der Waals surface area contributed by atoms with Crippen LogP contribution < -0.4 is 10.6 Å². The number of aliphatic carboxylic acids is 1. The molecular weight excluding hydrogens is 232 g/mol. The number of amides is 2. The quantitative estimate of drug-likeness (QED) is 0.632. The van der Waals surface area contributed by atoms with Crippen LogP contribution in [0.4, 0.5) is 4.79 Å². The first kappa shape index (κ1) is 13.1. The molecule has 0 aromatic heterocycles. The molecule has 0 aliphatic carbocycles. The number of carbonyl (C=O) groups excluding carboxylic acids is 1. The van der Waals surface area contributed by atoms with Crippen molar-refractivity contribution < 1.29 is 19.4 Å². The van der Waals surface area contributed by atoms with Crippen LogP contribution in [-0.2, 0) is 9.53 Å². The fraction of sp³-hybridized carbons (Fsp3) is 0.778. The minimum atomic E-state index is -1.08. The first-order chi connectivity index (χ1) is 7.63. The van der Waals surface area contributed by atoms with Crippen molar-refractivity contribution in [3.05, 3.63) is 0 Å². The Kier molecular flexibility index (Phi) is 5.41. The van der Waals surface area contributed by atoms with Crippen molar-refractivity contribution in [3.8, 4) is 0 Å². The van der Waals surface area contributed by atoms with Gasteiger partial charge in [-0.3, -0.25) is 0 Å². The molecule has 1 aliphatic rings. The minimum Gasteiger partial charge on any atom is -0.479 e. The van der Waals surface area contributed by atoms with Crippen LogP contribution in [0.5, 0.6) is 0 Å². The standard InChI is InChI=1S/C9H16N2O4S/c1-15-7(8(12)13)4-10-9(14)11-6-2-3-16-5-6/h6-7H,2-5H2,1H3,(H,12,13)(H2,10,11,14). The number of methoxy groups -OCH3 is 1. The van der Waals surface area contributed by atoms with E-state index in [2.05, 4.69) is 15.4 Å². The van der Waals surface area contributed by atoms with Gasteiger partial charge in [0.2, 0.25) is 0 Å². The predicted octanol–water partition coefficient (Wildman–Crippen LogP) is -0.109. The first-order valence-electron chi connectivity index (χ1n) is 5.01. The van der Waals surface area contributed by atoms with E-state index >= 15 is 0 Å². The lowest BCUT2D eigenvalue weighted by atomic mass is 10.3. The summed E-state index contributed by atoms with van der Waals surface area (Å²) in [5, 5.41) is 13.9. The zero-order valence-electron chi connectivity index (χ0n) is 9.06. The number of carboxylic acids is 1. The van der Waals surface area contributed by atoms with Crippen LogP contribution in [0.25, 0.3) is 0 Å². The Morgan fingerprint density at radius 3 is 2.88 bits per heavy atom. The summed E-state index contributed by atoms with van der Waals surface area (Å²) < 4.78 is 4.69. The van der Waals surface area contributed by atoms with Crippen LogP contribution in [-0.4, -0.2) is 54.4 Å². The van der Waals surface area contributed by atoms with Crippen LogP contribution in [0.2, 0.25) is 0 Å². The molecule has 7 heteroatoms. The van der Waals surface area contributed by atoms with Crippen LogP contribution in [0.15, 0.2) is 0 Å². The van der Waals surface area contributed by atoms with Crippen LogP contribution in [0.3, 0.4) is 0 Å². The van der Waals surface area contributed by atoms with E-state index in [1.165, 1.54) is 7.11 Å². The molecule has 3 N–H and O–H groups in total. The fourth-order valence-corrected chi connectivity index (χ4v) is 2.49. The molecule has 16 heavy (non-hydrogen) atoms. The number of hydrogen-bond acceptors (Lipinski definition) is 4.